The quantitative estimate of drug-likeness (QED) is 0.874. The van der Waals surface area contributed by atoms with E-state index < -0.39 is 0 Å². The first-order valence-corrected chi connectivity index (χ1v) is 9.56. The van der Waals surface area contributed by atoms with Gasteiger partial charge in [0.2, 0.25) is 6.79 Å². The normalized spacial score (nSPS) is 16.6. The third kappa shape index (κ3) is 4.15. The summed E-state index contributed by atoms with van der Waals surface area (Å²) in [5.41, 5.74) is 1.77. The number of carbonyl (C=O) groups is 1. The first kappa shape index (κ1) is 17.6. The number of carbonyl (C=O) groups excluding carboxylic acids is 1. The number of nitrogens with one attached hydrogen (secondary N) is 1. The number of nitrogens with zero attached hydrogens (tertiary/aromatic N) is 4. The second kappa shape index (κ2) is 7.85. The van der Waals surface area contributed by atoms with E-state index in [0.717, 1.165) is 56.7 Å². The van der Waals surface area contributed by atoms with Crippen molar-refractivity contribution in [1.82, 2.24) is 19.9 Å². The summed E-state index contributed by atoms with van der Waals surface area (Å²) in [6, 6.07) is 5.37. The van der Waals surface area contributed by atoms with E-state index in [9.17, 15) is 4.79 Å². The molecule has 144 valence electrons. The van der Waals surface area contributed by atoms with E-state index in [1.165, 1.54) is 0 Å². The van der Waals surface area contributed by atoms with Crippen molar-refractivity contribution in [1.29, 1.82) is 0 Å². The molecule has 0 bridgehead atoms. The van der Waals surface area contributed by atoms with Crippen LogP contribution in [0.25, 0.3) is 0 Å². The number of piperidine rings is 1. The van der Waals surface area contributed by atoms with Gasteiger partial charge in [0.15, 0.2) is 11.5 Å². The smallest absolute Gasteiger partial charge is 0.321 e. The van der Waals surface area contributed by atoms with Crippen molar-refractivity contribution in [3.63, 3.8) is 0 Å². The van der Waals surface area contributed by atoms with Crippen molar-refractivity contribution in [2.24, 2.45) is 5.92 Å². The maximum absolute atomic E-state index is 12.5. The topological polar surface area (TPSA) is 81.5 Å². The zero-order valence-electron chi connectivity index (χ0n) is 15.6. The maximum Gasteiger partial charge on any atom is 0.321 e. The molecule has 2 amide bonds. The number of likely N-dealkylation sites (tertiary alicyclic amines) is 1. The van der Waals surface area contributed by atoms with Crippen molar-refractivity contribution >= 4 is 11.7 Å². The average molecular weight is 371 g/mol. The molecule has 2 aromatic rings. The summed E-state index contributed by atoms with van der Waals surface area (Å²) in [5.74, 6) is 1.90. The monoisotopic (exact) mass is 371 g/mol. The van der Waals surface area contributed by atoms with Crippen LogP contribution in [0.1, 0.15) is 31.9 Å². The predicted octanol–water partition coefficient (Wildman–Crippen LogP) is 2.90. The molecule has 1 saturated heterocycles. The summed E-state index contributed by atoms with van der Waals surface area (Å²) in [6.45, 7) is 4.73. The van der Waals surface area contributed by atoms with E-state index in [0.29, 0.717) is 17.4 Å². The number of ether oxygens (including phenoxy) is 2. The maximum atomic E-state index is 12.5. The molecule has 1 aromatic heterocycles. The van der Waals surface area contributed by atoms with E-state index in [1.807, 2.05) is 27.9 Å². The van der Waals surface area contributed by atoms with Gasteiger partial charge >= 0.3 is 6.03 Å². The van der Waals surface area contributed by atoms with Gasteiger partial charge in [0.1, 0.15) is 0 Å². The zero-order valence-corrected chi connectivity index (χ0v) is 15.6. The third-order valence-electron chi connectivity index (χ3n) is 5.06. The molecular weight excluding hydrogens is 346 g/mol. The number of urea groups is 1. The molecule has 27 heavy (non-hydrogen) atoms. The lowest BCUT2D eigenvalue weighted by Crippen LogP contribution is -2.41. The highest BCUT2D eigenvalue weighted by Gasteiger charge is 2.24. The molecule has 4 rings (SSSR count). The molecule has 0 radical (unpaired) electrons. The molecule has 8 nitrogen and oxygen atoms in total. The lowest BCUT2D eigenvalue weighted by atomic mass is 9.97. The molecule has 8 heteroatoms. The number of amides is 2. The van der Waals surface area contributed by atoms with Gasteiger partial charge in [-0.25, -0.2) is 4.79 Å². The molecular formula is C19H25N5O3. The molecule has 0 unspecified atom stereocenters. The van der Waals surface area contributed by atoms with Gasteiger partial charge in [-0.2, -0.15) is 0 Å². The molecule has 0 spiro atoms. The number of benzene rings is 1. The molecule has 0 saturated carbocycles. The minimum atomic E-state index is -0.0710. The Labute approximate surface area is 158 Å². The van der Waals surface area contributed by atoms with Crippen LogP contribution in [0.4, 0.5) is 10.5 Å². The van der Waals surface area contributed by atoms with Crippen LogP contribution in [-0.2, 0) is 13.0 Å². The first-order chi connectivity index (χ1) is 13.2. The summed E-state index contributed by atoms with van der Waals surface area (Å²) >= 11 is 0. The standard InChI is InChI=1S/C19H25N5O3/c1-2-3-16-12-24(22-21-16)11-14-6-8-23(9-7-14)19(25)20-15-4-5-17-18(10-15)27-13-26-17/h4-5,10,12,14H,2-3,6-9,11,13H2,1H3,(H,20,25). The highest BCUT2D eigenvalue weighted by atomic mass is 16.7. The van der Waals surface area contributed by atoms with Crippen molar-refractivity contribution in [3.8, 4) is 11.5 Å². The van der Waals surface area contributed by atoms with Crippen LogP contribution in [0.5, 0.6) is 11.5 Å². The van der Waals surface area contributed by atoms with E-state index in [4.69, 9.17) is 9.47 Å². The average Bonchev–Trinajstić information content (AvgIpc) is 3.31. The van der Waals surface area contributed by atoms with Crippen molar-refractivity contribution < 1.29 is 14.3 Å². The fraction of sp³-hybridized carbons (Fsp3) is 0.526. The van der Waals surface area contributed by atoms with Crippen LogP contribution in [0.2, 0.25) is 0 Å². The van der Waals surface area contributed by atoms with Gasteiger partial charge in [-0.05, 0) is 37.3 Å². The Morgan fingerprint density at radius 1 is 1.26 bits per heavy atom. The second-order valence-corrected chi connectivity index (χ2v) is 7.11. The molecule has 2 aliphatic heterocycles. The van der Waals surface area contributed by atoms with Crippen LogP contribution >= 0.6 is 0 Å². The Kier molecular flexibility index (Phi) is 5.13. The van der Waals surface area contributed by atoms with E-state index in [2.05, 4.69) is 22.6 Å². The number of aromatic nitrogens is 3. The Balaban J connectivity index is 1.26. The Morgan fingerprint density at radius 2 is 2.07 bits per heavy atom. The number of aryl methyl sites for hydroxylation is 1. The van der Waals surface area contributed by atoms with Crippen LogP contribution in [0, 0.1) is 5.92 Å². The number of hydrogen-bond donors (Lipinski definition) is 1. The number of hydrogen-bond acceptors (Lipinski definition) is 5. The lowest BCUT2D eigenvalue weighted by molar-refractivity contribution is 0.174. The summed E-state index contributed by atoms with van der Waals surface area (Å²) in [6.07, 6.45) is 6.03. The highest BCUT2D eigenvalue weighted by Crippen LogP contribution is 2.34. The summed E-state index contributed by atoms with van der Waals surface area (Å²) in [5, 5.41) is 11.4. The van der Waals surface area contributed by atoms with Crippen LogP contribution in [0.15, 0.2) is 24.4 Å². The SMILES string of the molecule is CCCc1cn(CC2CCN(C(=O)Nc3ccc4c(c3)OCO4)CC2)nn1. The Bertz CT molecular complexity index is 798. The van der Waals surface area contributed by atoms with Crippen LogP contribution in [-0.4, -0.2) is 45.8 Å². The second-order valence-electron chi connectivity index (χ2n) is 7.11. The van der Waals surface area contributed by atoms with Gasteiger partial charge in [-0.1, -0.05) is 18.6 Å². The fourth-order valence-corrected chi connectivity index (χ4v) is 3.56. The highest BCUT2D eigenvalue weighted by molar-refractivity contribution is 5.89. The summed E-state index contributed by atoms with van der Waals surface area (Å²) < 4.78 is 12.6. The molecule has 1 N–H and O–H groups in total. The minimum absolute atomic E-state index is 0.0710. The van der Waals surface area contributed by atoms with Gasteiger partial charge in [0.25, 0.3) is 0 Å². The van der Waals surface area contributed by atoms with Crippen molar-refractivity contribution in [2.45, 2.75) is 39.2 Å². The number of anilines is 1. The van der Waals surface area contributed by atoms with E-state index in [1.54, 1.807) is 6.07 Å². The number of rotatable bonds is 5. The predicted molar refractivity (Wildman–Crippen MR) is 99.9 cm³/mol. The van der Waals surface area contributed by atoms with Gasteiger partial charge < -0.3 is 19.7 Å². The zero-order chi connectivity index (χ0) is 18.6. The third-order valence-corrected chi connectivity index (χ3v) is 5.06. The molecule has 2 aliphatic rings. The van der Waals surface area contributed by atoms with Gasteiger partial charge in [0, 0.05) is 37.6 Å². The van der Waals surface area contributed by atoms with E-state index >= 15 is 0 Å². The van der Waals surface area contributed by atoms with Crippen molar-refractivity contribution in [3.05, 3.63) is 30.1 Å². The summed E-state index contributed by atoms with van der Waals surface area (Å²) in [4.78, 5) is 14.4. The fourth-order valence-electron chi connectivity index (χ4n) is 3.56. The molecule has 1 aromatic carbocycles. The molecule has 1 fully saturated rings. The van der Waals surface area contributed by atoms with Gasteiger partial charge in [-0.15, -0.1) is 5.10 Å². The van der Waals surface area contributed by atoms with E-state index in [-0.39, 0.29) is 12.8 Å². The number of fused-ring (bicyclic) bond motifs is 1. The van der Waals surface area contributed by atoms with Gasteiger partial charge in [-0.3, -0.25) is 4.68 Å². The largest absolute Gasteiger partial charge is 0.454 e. The van der Waals surface area contributed by atoms with Crippen molar-refractivity contribution in [2.75, 3.05) is 25.2 Å². The van der Waals surface area contributed by atoms with Crippen LogP contribution in [0.3, 0.4) is 0 Å². The Hall–Kier alpha value is -2.77. The van der Waals surface area contributed by atoms with Gasteiger partial charge in [0.05, 0.1) is 5.69 Å². The minimum Gasteiger partial charge on any atom is -0.454 e. The molecule has 0 aliphatic carbocycles. The first-order valence-electron chi connectivity index (χ1n) is 9.56. The van der Waals surface area contributed by atoms with Crippen LogP contribution < -0.4 is 14.8 Å². The molecule has 3 heterocycles. The molecule has 0 atom stereocenters. The lowest BCUT2D eigenvalue weighted by Gasteiger charge is -2.31. The summed E-state index contributed by atoms with van der Waals surface area (Å²) in [7, 11) is 0. The Morgan fingerprint density at radius 3 is 2.89 bits per heavy atom.